The van der Waals surface area contributed by atoms with Gasteiger partial charge >= 0.3 is 0 Å². The largest absolute Gasteiger partial charge is 0.325 e. The van der Waals surface area contributed by atoms with Crippen molar-refractivity contribution >= 4 is 17.3 Å². The lowest BCUT2D eigenvalue weighted by Crippen LogP contribution is -2.48. The zero-order valence-electron chi connectivity index (χ0n) is 15.1. The first kappa shape index (κ1) is 16.6. The van der Waals surface area contributed by atoms with Crippen LogP contribution >= 0.6 is 0 Å². The molecule has 1 aromatic carbocycles. The van der Waals surface area contributed by atoms with Crippen LogP contribution in [-0.4, -0.2) is 54.3 Å². The minimum atomic E-state index is -0.0366. The van der Waals surface area contributed by atoms with Crippen molar-refractivity contribution in [1.82, 2.24) is 9.91 Å². The van der Waals surface area contributed by atoms with Gasteiger partial charge in [-0.1, -0.05) is 18.6 Å². The van der Waals surface area contributed by atoms with E-state index in [1.54, 1.807) is 0 Å². The van der Waals surface area contributed by atoms with Crippen LogP contribution < -0.4 is 5.32 Å². The number of likely N-dealkylation sites (tertiary alicyclic amines) is 1. The Balaban J connectivity index is 1.38. The third-order valence-electron chi connectivity index (χ3n) is 5.57. The number of anilines is 1. The highest BCUT2D eigenvalue weighted by Crippen LogP contribution is 2.40. The summed E-state index contributed by atoms with van der Waals surface area (Å²) >= 11 is 0. The Kier molecular flexibility index (Phi) is 4.75. The summed E-state index contributed by atoms with van der Waals surface area (Å²) in [6.45, 7) is 2.80. The molecule has 25 heavy (non-hydrogen) atoms. The molecular formula is C20H28N4O. The average molecular weight is 340 g/mol. The Labute approximate surface area is 150 Å². The van der Waals surface area contributed by atoms with E-state index >= 15 is 0 Å². The summed E-state index contributed by atoms with van der Waals surface area (Å²) in [4.78, 5) is 15.2. The Morgan fingerprint density at radius 3 is 2.64 bits per heavy atom. The van der Waals surface area contributed by atoms with Crippen molar-refractivity contribution in [3.63, 3.8) is 0 Å². The van der Waals surface area contributed by atoms with Gasteiger partial charge in [-0.3, -0.25) is 14.7 Å². The van der Waals surface area contributed by atoms with Gasteiger partial charge in [0.05, 0.1) is 11.8 Å². The minimum absolute atomic E-state index is 0.0366. The molecule has 134 valence electrons. The molecule has 0 bridgehead atoms. The first-order valence-corrected chi connectivity index (χ1v) is 9.61. The number of carbonyl (C=O) groups is 1. The number of rotatable bonds is 5. The van der Waals surface area contributed by atoms with E-state index in [4.69, 9.17) is 0 Å². The van der Waals surface area contributed by atoms with Crippen molar-refractivity contribution in [2.24, 2.45) is 5.10 Å². The van der Waals surface area contributed by atoms with Gasteiger partial charge in [-0.05, 0) is 55.8 Å². The molecule has 0 spiro atoms. The summed E-state index contributed by atoms with van der Waals surface area (Å²) in [6, 6.07) is 8.39. The third kappa shape index (κ3) is 4.03. The number of nitrogens with zero attached hydrogens (tertiary/aromatic N) is 3. The molecule has 0 unspecified atom stereocenters. The van der Waals surface area contributed by atoms with Crippen LogP contribution in [-0.2, 0) is 4.79 Å². The molecule has 0 aromatic heterocycles. The fourth-order valence-electron chi connectivity index (χ4n) is 3.94. The van der Waals surface area contributed by atoms with E-state index in [2.05, 4.69) is 39.6 Å². The normalized spacial score (nSPS) is 24.3. The quantitative estimate of drug-likeness (QED) is 0.896. The molecule has 5 nitrogen and oxygen atoms in total. The van der Waals surface area contributed by atoms with Gasteiger partial charge in [-0.2, -0.15) is 5.10 Å². The van der Waals surface area contributed by atoms with Crippen molar-refractivity contribution < 1.29 is 4.79 Å². The Hall–Kier alpha value is -1.88. The molecule has 1 atom stereocenters. The maximum Gasteiger partial charge on any atom is 0.241 e. The van der Waals surface area contributed by atoms with Crippen LogP contribution in [0.15, 0.2) is 29.4 Å². The fourth-order valence-corrected chi connectivity index (χ4v) is 3.94. The summed E-state index contributed by atoms with van der Waals surface area (Å²) in [5.74, 6) is 0.884. The van der Waals surface area contributed by atoms with E-state index in [9.17, 15) is 4.79 Å². The number of carbonyl (C=O) groups excluding carboxylic acids is 1. The average Bonchev–Trinajstić information content (AvgIpc) is 3.39. The van der Waals surface area contributed by atoms with Crippen LogP contribution in [0.3, 0.4) is 0 Å². The van der Waals surface area contributed by atoms with E-state index in [1.807, 2.05) is 12.1 Å². The Morgan fingerprint density at radius 1 is 1.16 bits per heavy atom. The predicted octanol–water partition coefficient (Wildman–Crippen LogP) is 3.05. The monoisotopic (exact) mass is 340 g/mol. The summed E-state index contributed by atoms with van der Waals surface area (Å²) in [5, 5.41) is 9.70. The van der Waals surface area contributed by atoms with Gasteiger partial charge in [0, 0.05) is 32.2 Å². The SMILES string of the molecule is CN1CCC(CN2CCCC[C@@H]2C(=O)Nc2ccc(C3CC3)cc2)=N1. The molecule has 2 aliphatic heterocycles. The number of hydrogen-bond donors (Lipinski definition) is 1. The summed E-state index contributed by atoms with van der Waals surface area (Å²) < 4.78 is 0. The minimum Gasteiger partial charge on any atom is -0.325 e. The fraction of sp³-hybridized carbons (Fsp3) is 0.600. The summed E-state index contributed by atoms with van der Waals surface area (Å²) in [5.41, 5.74) is 3.52. The zero-order valence-corrected chi connectivity index (χ0v) is 15.1. The van der Waals surface area contributed by atoms with Crippen LogP contribution in [0.4, 0.5) is 5.69 Å². The number of hydrazone groups is 1. The molecule has 3 aliphatic rings. The van der Waals surface area contributed by atoms with Crippen molar-refractivity contribution in [2.45, 2.75) is 50.5 Å². The molecule has 1 saturated heterocycles. The molecular weight excluding hydrogens is 312 g/mol. The van der Waals surface area contributed by atoms with Crippen LogP contribution in [0.2, 0.25) is 0 Å². The molecule has 4 rings (SSSR count). The first-order valence-electron chi connectivity index (χ1n) is 9.61. The topological polar surface area (TPSA) is 47.9 Å². The molecule has 2 fully saturated rings. The van der Waals surface area contributed by atoms with Crippen molar-refractivity contribution in [2.75, 3.05) is 32.0 Å². The van der Waals surface area contributed by atoms with Gasteiger partial charge in [-0.15, -0.1) is 0 Å². The number of hydrogen-bond acceptors (Lipinski definition) is 4. The second-order valence-electron chi connectivity index (χ2n) is 7.67. The lowest BCUT2D eigenvalue weighted by Gasteiger charge is -2.34. The molecule has 5 heteroatoms. The first-order chi connectivity index (χ1) is 12.2. The second-order valence-corrected chi connectivity index (χ2v) is 7.67. The standard InChI is InChI=1S/C20H28N4O/c1-23-13-11-18(22-23)14-24-12-3-2-4-19(24)20(25)21-17-9-7-16(8-10-17)15-5-6-15/h7-10,15,19H,2-6,11-14H2,1H3,(H,21,25)/t19-/m1/s1. The molecule has 1 N–H and O–H groups in total. The number of piperidine rings is 1. The van der Waals surface area contributed by atoms with Crippen LogP contribution in [0.25, 0.3) is 0 Å². The Bertz CT molecular complexity index is 650. The van der Waals surface area contributed by atoms with Crippen LogP contribution in [0.1, 0.15) is 50.0 Å². The van der Waals surface area contributed by atoms with E-state index in [0.717, 1.165) is 50.5 Å². The molecule has 2 heterocycles. The van der Waals surface area contributed by atoms with Gasteiger partial charge in [0.2, 0.25) is 5.91 Å². The Morgan fingerprint density at radius 2 is 1.96 bits per heavy atom. The lowest BCUT2D eigenvalue weighted by molar-refractivity contribution is -0.122. The van der Waals surface area contributed by atoms with Gasteiger partial charge in [0.1, 0.15) is 0 Å². The molecule has 1 amide bonds. The van der Waals surface area contributed by atoms with E-state index in [0.29, 0.717) is 0 Å². The van der Waals surface area contributed by atoms with Gasteiger partial charge in [-0.25, -0.2) is 0 Å². The number of nitrogens with one attached hydrogen (secondary N) is 1. The second kappa shape index (κ2) is 7.16. The van der Waals surface area contributed by atoms with E-state index < -0.39 is 0 Å². The molecule has 1 aromatic rings. The van der Waals surface area contributed by atoms with Crippen LogP contribution in [0.5, 0.6) is 0 Å². The highest BCUT2D eigenvalue weighted by atomic mass is 16.2. The number of benzene rings is 1. The highest BCUT2D eigenvalue weighted by Gasteiger charge is 2.30. The smallest absolute Gasteiger partial charge is 0.241 e. The third-order valence-corrected chi connectivity index (χ3v) is 5.57. The summed E-state index contributed by atoms with van der Waals surface area (Å²) in [7, 11) is 2.01. The summed E-state index contributed by atoms with van der Waals surface area (Å²) in [6.07, 6.45) is 6.87. The lowest BCUT2D eigenvalue weighted by atomic mass is 10.0. The van der Waals surface area contributed by atoms with Gasteiger partial charge in [0.15, 0.2) is 0 Å². The molecule has 0 radical (unpaired) electrons. The maximum atomic E-state index is 12.8. The highest BCUT2D eigenvalue weighted by molar-refractivity contribution is 5.95. The molecule has 1 saturated carbocycles. The predicted molar refractivity (Wildman–Crippen MR) is 101 cm³/mol. The van der Waals surface area contributed by atoms with E-state index in [1.165, 1.54) is 30.5 Å². The van der Waals surface area contributed by atoms with Gasteiger partial charge in [0.25, 0.3) is 0 Å². The van der Waals surface area contributed by atoms with E-state index in [-0.39, 0.29) is 11.9 Å². The van der Waals surface area contributed by atoms with Crippen molar-refractivity contribution in [1.29, 1.82) is 0 Å². The van der Waals surface area contributed by atoms with Crippen molar-refractivity contribution in [3.8, 4) is 0 Å². The zero-order chi connectivity index (χ0) is 17.2. The van der Waals surface area contributed by atoms with Crippen LogP contribution in [0, 0.1) is 0 Å². The molecule has 1 aliphatic carbocycles. The van der Waals surface area contributed by atoms with Crippen molar-refractivity contribution in [3.05, 3.63) is 29.8 Å². The maximum absolute atomic E-state index is 12.8. The van der Waals surface area contributed by atoms with Gasteiger partial charge < -0.3 is 5.32 Å². The number of amides is 1.